The molecular weight excluding hydrogens is 600 g/mol. The molecule has 0 aromatic rings. The molecule has 0 radical (unpaired) electrons. The Morgan fingerprint density at radius 2 is 0.771 bits per heavy atom. The van der Waals surface area contributed by atoms with E-state index < -0.39 is 6.10 Å². The van der Waals surface area contributed by atoms with Gasteiger partial charge in [-0.1, -0.05) is 154 Å². The Hall–Kier alpha value is -2.37. The topological polar surface area (TPSA) is 78.9 Å². The Balaban J connectivity index is 4.43. The highest BCUT2D eigenvalue weighted by Gasteiger charge is 2.19. The van der Waals surface area contributed by atoms with Gasteiger partial charge in [0, 0.05) is 19.3 Å². The average molecular weight is 675 g/mol. The summed E-state index contributed by atoms with van der Waals surface area (Å²) in [5.41, 5.74) is 0. The first-order valence-corrected chi connectivity index (χ1v) is 20.0. The first-order valence-electron chi connectivity index (χ1n) is 20.0. The Bertz CT molecular complexity index is 830. The van der Waals surface area contributed by atoms with E-state index in [1.165, 1.54) is 64.2 Å². The third-order valence-corrected chi connectivity index (χ3v) is 8.40. The van der Waals surface area contributed by atoms with Gasteiger partial charge in [-0.15, -0.1) is 0 Å². The van der Waals surface area contributed by atoms with Crippen molar-refractivity contribution < 1.29 is 28.6 Å². The van der Waals surface area contributed by atoms with Crippen molar-refractivity contribution >= 4 is 17.9 Å². The van der Waals surface area contributed by atoms with Crippen molar-refractivity contribution in [3.05, 3.63) is 36.5 Å². The van der Waals surface area contributed by atoms with E-state index in [2.05, 4.69) is 57.2 Å². The molecule has 1 unspecified atom stereocenters. The molecule has 0 aliphatic heterocycles. The minimum absolute atomic E-state index is 0.0845. The van der Waals surface area contributed by atoms with E-state index in [4.69, 9.17) is 14.2 Å². The molecule has 0 aromatic carbocycles. The van der Waals surface area contributed by atoms with Crippen molar-refractivity contribution in [1.29, 1.82) is 0 Å². The van der Waals surface area contributed by atoms with Crippen LogP contribution in [0.25, 0.3) is 0 Å². The third-order valence-electron chi connectivity index (χ3n) is 8.40. The minimum atomic E-state index is -0.780. The first-order chi connectivity index (χ1) is 23.5. The van der Waals surface area contributed by atoms with Crippen LogP contribution in [-0.2, 0) is 28.6 Å². The van der Waals surface area contributed by atoms with Gasteiger partial charge in [-0.05, 0) is 57.8 Å². The fourth-order valence-electron chi connectivity index (χ4n) is 5.28. The van der Waals surface area contributed by atoms with Gasteiger partial charge >= 0.3 is 17.9 Å². The van der Waals surface area contributed by atoms with Crippen molar-refractivity contribution in [1.82, 2.24) is 0 Å². The number of esters is 3. The summed E-state index contributed by atoms with van der Waals surface area (Å²) in [6, 6.07) is 0. The maximum absolute atomic E-state index is 12.6. The Morgan fingerprint density at radius 1 is 0.417 bits per heavy atom. The van der Waals surface area contributed by atoms with E-state index in [9.17, 15) is 14.4 Å². The third kappa shape index (κ3) is 35.0. The van der Waals surface area contributed by atoms with Gasteiger partial charge in [-0.3, -0.25) is 14.4 Å². The van der Waals surface area contributed by atoms with Crippen LogP contribution in [0.4, 0.5) is 0 Å². The van der Waals surface area contributed by atoms with E-state index in [1.807, 2.05) is 0 Å². The molecule has 0 saturated carbocycles. The van der Waals surface area contributed by atoms with Gasteiger partial charge in [0.05, 0.1) is 0 Å². The lowest BCUT2D eigenvalue weighted by molar-refractivity contribution is -0.167. The van der Waals surface area contributed by atoms with Gasteiger partial charge in [-0.2, -0.15) is 0 Å². The number of allylic oxidation sites excluding steroid dienone is 6. The molecule has 0 heterocycles. The molecule has 278 valence electrons. The summed E-state index contributed by atoms with van der Waals surface area (Å²) in [6.45, 7) is 6.46. The summed E-state index contributed by atoms with van der Waals surface area (Å²) in [5, 5.41) is 0. The first kappa shape index (κ1) is 45.6. The van der Waals surface area contributed by atoms with Crippen molar-refractivity contribution in [2.24, 2.45) is 0 Å². The Morgan fingerprint density at radius 3 is 1.27 bits per heavy atom. The second-order valence-corrected chi connectivity index (χ2v) is 13.2. The quantitative estimate of drug-likeness (QED) is 0.0219. The summed E-state index contributed by atoms with van der Waals surface area (Å²) in [6.07, 6.45) is 39.9. The van der Waals surface area contributed by atoms with Crippen LogP contribution in [0, 0.1) is 0 Å². The molecule has 0 N–H and O–H groups in total. The fraction of sp³-hybridized carbons (Fsp3) is 0.786. The van der Waals surface area contributed by atoms with E-state index in [0.29, 0.717) is 19.3 Å². The van der Waals surface area contributed by atoms with Crippen LogP contribution in [-0.4, -0.2) is 37.2 Å². The predicted molar refractivity (Wildman–Crippen MR) is 201 cm³/mol. The second kappa shape index (κ2) is 37.4. The van der Waals surface area contributed by atoms with Crippen molar-refractivity contribution in [2.45, 2.75) is 200 Å². The molecule has 1 atom stereocenters. The second-order valence-electron chi connectivity index (χ2n) is 13.2. The summed E-state index contributed by atoms with van der Waals surface area (Å²) >= 11 is 0. The lowest BCUT2D eigenvalue weighted by atomic mass is 10.1. The molecule has 6 nitrogen and oxygen atoms in total. The maximum Gasteiger partial charge on any atom is 0.306 e. The van der Waals surface area contributed by atoms with E-state index in [-0.39, 0.29) is 31.1 Å². The number of hydrogen-bond acceptors (Lipinski definition) is 6. The number of carbonyl (C=O) groups is 3. The van der Waals surface area contributed by atoms with Crippen LogP contribution < -0.4 is 0 Å². The monoisotopic (exact) mass is 675 g/mol. The predicted octanol–water partition coefficient (Wildman–Crippen LogP) is 12.2. The Kier molecular flexibility index (Phi) is 35.6. The summed E-state index contributed by atoms with van der Waals surface area (Å²) in [4.78, 5) is 37.4. The molecule has 0 saturated heterocycles. The van der Waals surface area contributed by atoms with Gasteiger partial charge < -0.3 is 14.2 Å². The molecule has 6 heteroatoms. The summed E-state index contributed by atoms with van der Waals surface area (Å²) in [5.74, 6) is -0.937. The molecule has 0 amide bonds. The van der Waals surface area contributed by atoms with E-state index >= 15 is 0 Å². The standard InChI is InChI=1S/C42H74O6/c1-4-7-10-13-16-19-21-24-26-29-32-35-41(44)47-38-39(37-46-40(43)34-31-28-25-22-18-15-12-9-6-3)48-42(45)36-33-30-27-23-20-17-14-11-8-5-2/h13-14,16-17,19,21,39H,4-12,15,18,20,22-38H2,1-3H3/b16-13-,17-14-,21-19-. The van der Waals surface area contributed by atoms with Gasteiger partial charge in [0.25, 0.3) is 0 Å². The van der Waals surface area contributed by atoms with Crippen LogP contribution in [0.2, 0.25) is 0 Å². The highest BCUT2D eigenvalue weighted by atomic mass is 16.6. The zero-order chi connectivity index (χ0) is 35.2. The lowest BCUT2D eigenvalue weighted by Gasteiger charge is -2.18. The number of ether oxygens (including phenoxy) is 3. The molecule has 0 rings (SSSR count). The maximum atomic E-state index is 12.6. The molecule has 48 heavy (non-hydrogen) atoms. The van der Waals surface area contributed by atoms with Gasteiger partial charge in [0.15, 0.2) is 6.10 Å². The highest BCUT2D eigenvalue weighted by molar-refractivity contribution is 5.71. The van der Waals surface area contributed by atoms with Gasteiger partial charge in [0.1, 0.15) is 13.2 Å². The van der Waals surface area contributed by atoms with Crippen LogP contribution >= 0.6 is 0 Å². The number of carbonyl (C=O) groups excluding carboxylic acids is 3. The summed E-state index contributed by atoms with van der Waals surface area (Å²) in [7, 11) is 0. The zero-order valence-electron chi connectivity index (χ0n) is 31.5. The largest absolute Gasteiger partial charge is 0.462 e. The molecule has 0 aromatic heterocycles. The zero-order valence-corrected chi connectivity index (χ0v) is 31.5. The SMILES string of the molecule is CCCC/C=C\C=C/CCCCCC(=O)OCC(COC(=O)CCCCCCCCCCC)OC(=O)CCCCCC/C=C\CCCC. The molecule has 0 aliphatic carbocycles. The van der Waals surface area contributed by atoms with Crippen LogP contribution in [0.3, 0.4) is 0 Å². The molecule has 0 bridgehead atoms. The highest BCUT2D eigenvalue weighted by Crippen LogP contribution is 2.13. The minimum Gasteiger partial charge on any atom is -0.462 e. The molecule has 0 fully saturated rings. The fourth-order valence-corrected chi connectivity index (χ4v) is 5.28. The Labute approximate surface area is 295 Å². The lowest BCUT2D eigenvalue weighted by Crippen LogP contribution is -2.30. The van der Waals surface area contributed by atoms with Crippen molar-refractivity contribution in [3.63, 3.8) is 0 Å². The molecular formula is C42H74O6. The number of rotatable bonds is 35. The smallest absolute Gasteiger partial charge is 0.306 e. The normalized spacial score (nSPS) is 12.3. The van der Waals surface area contributed by atoms with Crippen LogP contribution in [0.15, 0.2) is 36.5 Å². The number of hydrogen-bond donors (Lipinski definition) is 0. The number of unbranched alkanes of at least 4 members (excludes halogenated alkanes) is 19. The average Bonchev–Trinajstić information content (AvgIpc) is 3.08. The van der Waals surface area contributed by atoms with E-state index in [0.717, 1.165) is 89.9 Å². The van der Waals surface area contributed by atoms with Crippen LogP contribution in [0.5, 0.6) is 0 Å². The van der Waals surface area contributed by atoms with E-state index in [1.54, 1.807) is 0 Å². The van der Waals surface area contributed by atoms with Gasteiger partial charge in [0.2, 0.25) is 0 Å². The van der Waals surface area contributed by atoms with Crippen molar-refractivity contribution in [3.8, 4) is 0 Å². The van der Waals surface area contributed by atoms with Crippen LogP contribution in [0.1, 0.15) is 194 Å². The molecule has 0 spiro atoms. The molecule has 0 aliphatic rings. The van der Waals surface area contributed by atoms with Gasteiger partial charge in [-0.25, -0.2) is 0 Å². The summed E-state index contributed by atoms with van der Waals surface area (Å²) < 4.78 is 16.5. The van der Waals surface area contributed by atoms with Crippen molar-refractivity contribution in [2.75, 3.05) is 13.2 Å².